The molecule has 0 bridgehead atoms. The predicted molar refractivity (Wildman–Crippen MR) is 119 cm³/mol. The molecule has 1 rings (SSSR count). The number of aliphatic carboxylic acids is 1. The Kier molecular flexibility index (Phi) is 24.0. The summed E-state index contributed by atoms with van der Waals surface area (Å²) in [7, 11) is 0. The van der Waals surface area contributed by atoms with Gasteiger partial charge in [0.1, 0.15) is 19.6 Å². The molecule has 1 atom stereocenters. The van der Waals surface area contributed by atoms with E-state index in [4.69, 9.17) is 0 Å². The maximum absolute atomic E-state index is 11.1. The van der Waals surface area contributed by atoms with Crippen molar-refractivity contribution in [3.63, 3.8) is 0 Å². The Balaban J connectivity index is 0. The number of quaternary nitrogens is 1. The third kappa shape index (κ3) is 15.8. The number of hydrogen-bond donors (Lipinski definition) is 1. The summed E-state index contributed by atoms with van der Waals surface area (Å²) in [5.74, 6) is -0.0949. The van der Waals surface area contributed by atoms with E-state index in [2.05, 4.69) is 11.9 Å². The number of rotatable bonds is 20. The Morgan fingerprint density at radius 3 is 1.77 bits per heavy atom. The number of hydrogen-bond acceptors (Lipinski definition) is 4. The number of carboxylic acid groups (broad SMARTS) is 1. The Morgan fingerprint density at radius 1 is 0.903 bits per heavy atom. The van der Waals surface area contributed by atoms with E-state index in [1.807, 2.05) is 0 Å². The van der Waals surface area contributed by atoms with E-state index in [0.717, 1.165) is 18.7 Å². The molecule has 0 aromatic heterocycles. The quantitative estimate of drug-likeness (QED) is 0.130. The Bertz CT molecular complexity index is 466. The number of halogens is 1. The molecular formula is C24H46ClN2NaO3. The monoisotopic (exact) mass is 468 g/mol. The zero-order chi connectivity index (χ0) is 21.2. The largest absolute Gasteiger partial charge is 1.00 e. The number of unbranched alkanes of at least 4 members (excludes halogenated alkanes) is 14. The van der Waals surface area contributed by atoms with Crippen molar-refractivity contribution in [3.05, 3.63) is 0 Å². The average Bonchev–Trinajstić information content (AvgIpc) is 3.06. The summed E-state index contributed by atoms with van der Waals surface area (Å²) in [5.41, 5.74) is 0. The summed E-state index contributed by atoms with van der Waals surface area (Å²) in [5, 5.41) is 20.5. The second kappa shape index (κ2) is 22.2. The van der Waals surface area contributed by atoms with Crippen molar-refractivity contribution in [1.29, 1.82) is 0 Å². The molecule has 0 aromatic carbocycles. The first kappa shape index (κ1) is 33.5. The number of nitrogens with zero attached hydrogens (tertiary/aromatic N) is 2. The van der Waals surface area contributed by atoms with Crippen molar-refractivity contribution in [2.45, 2.75) is 110 Å². The third-order valence-corrected chi connectivity index (χ3v) is 6.33. The van der Waals surface area contributed by atoms with Gasteiger partial charge in [-0.2, -0.15) is 0 Å². The molecule has 0 aliphatic carbocycles. The molecule has 0 saturated carbocycles. The first-order chi connectivity index (χ1) is 14.1. The smallest absolute Gasteiger partial charge is 1.00 e. The topological polar surface area (TPSA) is 72.7 Å². The van der Waals surface area contributed by atoms with Gasteiger partial charge in [0, 0.05) is 6.42 Å². The van der Waals surface area contributed by atoms with E-state index in [1.54, 1.807) is 0 Å². The van der Waals surface area contributed by atoms with Gasteiger partial charge in [-0.15, -0.1) is 0 Å². The Labute approximate surface area is 219 Å². The van der Waals surface area contributed by atoms with Gasteiger partial charge in [0.05, 0.1) is 19.1 Å². The molecule has 1 unspecified atom stereocenters. The van der Waals surface area contributed by atoms with Crippen LogP contribution in [0.25, 0.3) is 0 Å². The Hall–Kier alpha value is 0.350. The summed E-state index contributed by atoms with van der Waals surface area (Å²) in [6.45, 7) is 3.99. The summed E-state index contributed by atoms with van der Waals surface area (Å²) >= 11 is 0. The summed E-state index contributed by atoms with van der Waals surface area (Å²) in [4.78, 5) is 15.7. The van der Waals surface area contributed by atoms with Gasteiger partial charge >= 0.3 is 29.6 Å². The van der Waals surface area contributed by atoms with Crippen LogP contribution in [0, 0.1) is 0 Å². The molecule has 5 nitrogen and oxygen atoms in total. The minimum absolute atomic E-state index is 0. The van der Waals surface area contributed by atoms with Gasteiger partial charge in [-0.25, -0.2) is 4.99 Å². The number of aliphatic hydroxyl groups is 1. The first-order valence-electron chi connectivity index (χ1n) is 12.4. The number of aliphatic hydroxyl groups excluding tert-OH is 1. The van der Waals surface area contributed by atoms with Gasteiger partial charge in [0.15, 0.2) is 5.84 Å². The van der Waals surface area contributed by atoms with Crippen LogP contribution in [0.3, 0.4) is 0 Å². The molecule has 0 amide bonds. The summed E-state index contributed by atoms with van der Waals surface area (Å²) < 4.78 is 0.303. The number of aliphatic imine (C=N–C) groups is 1. The summed E-state index contributed by atoms with van der Waals surface area (Å²) in [6, 6.07) is 0. The molecule has 0 spiro atoms. The maximum Gasteiger partial charge on any atom is 1.00 e. The zero-order valence-electron chi connectivity index (χ0n) is 20.4. The standard InChI is InChI=1S/C24H46N2O3.ClH.Na/c1-2-3-4-5-6-7-8-9-10-11-12-13-14-15-16-17-23-25-18-19-26(23,20-21-27)22-24(28)29;;/h27H,2-22H2,1H3;1H;/q;;+1/p-1. The molecule has 1 aliphatic heterocycles. The number of carboxylic acids is 1. The van der Waals surface area contributed by atoms with Gasteiger partial charge < -0.3 is 27.4 Å². The van der Waals surface area contributed by atoms with Crippen molar-refractivity contribution in [2.24, 2.45) is 4.99 Å². The van der Waals surface area contributed by atoms with E-state index in [0.29, 0.717) is 24.1 Å². The maximum atomic E-state index is 11.1. The molecular weight excluding hydrogens is 423 g/mol. The predicted octanol–water partition coefficient (Wildman–Crippen LogP) is -1.77. The van der Waals surface area contributed by atoms with Gasteiger partial charge in [-0.1, -0.05) is 96.8 Å². The van der Waals surface area contributed by atoms with Crippen LogP contribution in [0.2, 0.25) is 0 Å². The molecule has 1 N–H and O–H groups in total. The van der Waals surface area contributed by atoms with Crippen LogP contribution in [-0.4, -0.2) is 54.2 Å². The van der Waals surface area contributed by atoms with E-state index in [-0.39, 0.29) is 55.1 Å². The van der Waals surface area contributed by atoms with E-state index < -0.39 is 5.97 Å². The molecule has 0 radical (unpaired) electrons. The van der Waals surface area contributed by atoms with Crippen molar-refractivity contribution in [1.82, 2.24) is 0 Å². The van der Waals surface area contributed by atoms with Crippen LogP contribution in [0.4, 0.5) is 0 Å². The van der Waals surface area contributed by atoms with Crippen LogP contribution in [0.15, 0.2) is 4.99 Å². The fourth-order valence-corrected chi connectivity index (χ4v) is 4.55. The van der Waals surface area contributed by atoms with E-state index in [9.17, 15) is 15.0 Å². The van der Waals surface area contributed by atoms with Crippen LogP contribution in [-0.2, 0) is 4.79 Å². The normalized spacial score (nSPS) is 17.7. The van der Waals surface area contributed by atoms with Crippen LogP contribution < -0.4 is 47.1 Å². The van der Waals surface area contributed by atoms with Crippen LogP contribution >= 0.6 is 0 Å². The van der Waals surface area contributed by atoms with Crippen molar-refractivity contribution in [3.8, 4) is 0 Å². The molecule has 7 heteroatoms. The second-order valence-corrected chi connectivity index (χ2v) is 8.84. The summed E-state index contributed by atoms with van der Waals surface area (Å²) in [6.07, 6.45) is 21.0. The van der Waals surface area contributed by atoms with E-state index >= 15 is 0 Å². The fraction of sp³-hybridized carbons (Fsp3) is 0.917. The molecule has 1 aliphatic rings. The number of carbonyl (C=O) groups is 1. The van der Waals surface area contributed by atoms with Crippen LogP contribution in [0.5, 0.6) is 0 Å². The molecule has 31 heavy (non-hydrogen) atoms. The van der Waals surface area contributed by atoms with Crippen molar-refractivity contribution < 1.29 is 61.5 Å². The van der Waals surface area contributed by atoms with Crippen molar-refractivity contribution in [2.75, 3.05) is 32.8 Å². The van der Waals surface area contributed by atoms with Gasteiger partial charge in [-0.3, -0.25) is 4.48 Å². The number of amidine groups is 1. The van der Waals surface area contributed by atoms with Crippen LogP contribution in [0.1, 0.15) is 110 Å². The first-order valence-corrected chi connectivity index (χ1v) is 12.4. The second-order valence-electron chi connectivity index (χ2n) is 8.84. The molecule has 1 heterocycles. The Morgan fingerprint density at radius 2 is 1.35 bits per heavy atom. The van der Waals surface area contributed by atoms with Crippen molar-refractivity contribution >= 4 is 11.8 Å². The van der Waals surface area contributed by atoms with Gasteiger partial charge in [-0.05, 0) is 6.42 Å². The molecule has 0 aromatic rings. The minimum Gasteiger partial charge on any atom is -1.00 e. The third-order valence-electron chi connectivity index (χ3n) is 6.33. The van der Waals surface area contributed by atoms with Gasteiger partial charge in [0.2, 0.25) is 0 Å². The SMILES string of the molecule is CCCCCCCCCCCCCCCCCC1=NCC[N+]1(CCO)CC(=O)[O-].[Cl-].[Na+]. The van der Waals surface area contributed by atoms with Gasteiger partial charge in [0.25, 0.3) is 0 Å². The average molecular weight is 469 g/mol. The minimum atomic E-state index is -1.05. The zero-order valence-corrected chi connectivity index (χ0v) is 23.1. The molecule has 0 saturated heterocycles. The molecule has 0 fully saturated rings. The van der Waals surface area contributed by atoms with E-state index in [1.165, 1.54) is 89.9 Å². The fourth-order valence-electron chi connectivity index (χ4n) is 4.55. The number of carbonyl (C=O) groups excluding carboxylic acids is 1. The molecule has 178 valence electrons.